The normalized spacial score (nSPS) is 10.3. The fourth-order valence-electron chi connectivity index (χ4n) is 1.57. The van der Waals surface area contributed by atoms with Crippen molar-refractivity contribution in [3.63, 3.8) is 0 Å². The van der Waals surface area contributed by atoms with Crippen molar-refractivity contribution in [3.8, 4) is 5.75 Å². The molecule has 1 rings (SSSR count). The van der Waals surface area contributed by atoms with Crippen LogP contribution < -0.4 is 4.74 Å². The van der Waals surface area contributed by atoms with E-state index < -0.39 is 0 Å². The molecule has 2 heteroatoms. The summed E-state index contributed by atoms with van der Waals surface area (Å²) in [4.78, 5) is 0. The van der Waals surface area contributed by atoms with Gasteiger partial charge in [-0.3, -0.25) is 0 Å². The van der Waals surface area contributed by atoms with Gasteiger partial charge in [0.15, 0.2) is 0 Å². The summed E-state index contributed by atoms with van der Waals surface area (Å²) < 4.78 is 5.11. The van der Waals surface area contributed by atoms with E-state index in [4.69, 9.17) is 16.3 Å². The van der Waals surface area contributed by atoms with E-state index in [1.54, 1.807) is 7.11 Å². The molecule has 0 aliphatic heterocycles. The summed E-state index contributed by atoms with van der Waals surface area (Å²) in [5.41, 5.74) is 1.39. The third-order valence-corrected chi connectivity index (χ3v) is 2.78. The minimum atomic E-state index is 0.794. The highest BCUT2D eigenvalue weighted by atomic mass is 35.5. The SMILES string of the molecule is COc1ccc(CCCCCCCl)cc1. The average Bonchev–Trinajstić information content (AvgIpc) is 2.30. The Morgan fingerprint density at radius 3 is 2.27 bits per heavy atom. The molecule has 0 radical (unpaired) electrons. The molecule has 15 heavy (non-hydrogen) atoms. The second kappa shape index (κ2) is 7.58. The van der Waals surface area contributed by atoms with Crippen LogP contribution in [-0.4, -0.2) is 13.0 Å². The van der Waals surface area contributed by atoms with E-state index in [9.17, 15) is 0 Å². The van der Waals surface area contributed by atoms with E-state index in [1.807, 2.05) is 12.1 Å². The second-order valence-electron chi connectivity index (χ2n) is 3.70. The zero-order chi connectivity index (χ0) is 10.9. The maximum Gasteiger partial charge on any atom is 0.118 e. The molecule has 0 unspecified atom stereocenters. The third kappa shape index (κ3) is 5.08. The van der Waals surface area contributed by atoms with Crippen molar-refractivity contribution < 1.29 is 4.74 Å². The van der Waals surface area contributed by atoms with Crippen molar-refractivity contribution in [2.24, 2.45) is 0 Å². The quantitative estimate of drug-likeness (QED) is 0.504. The largest absolute Gasteiger partial charge is 0.497 e. The van der Waals surface area contributed by atoms with Gasteiger partial charge in [0.1, 0.15) is 5.75 Å². The maximum absolute atomic E-state index is 5.62. The molecule has 0 saturated heterocycles. The zero-order valence-corrected chi connectivity index (χ0v) is 10.1. The van der Waals surface area contributed by atoms with Crippen LogP contribution in [0.1, 0.15) is 31.2 Å². The van der Waals surface area contributed by atoms with Crippen LogP contribution in [0.2, 0.25) is 0 Å². The molecule has 0 aliphatic rings. The summed E-state index contributed by atoms with van der Waals surface area (Å²) in [6, 6.07) is 8.32. The molecule has 0 aliphatic carbocycles. The first kappa shape index (κ1) is 12.4. The molecular weight excluding hydrogens is 208 g/mol. The third-order valence-electron chi connectivity index (χ3n) is 2.51. The summed E-state index contributed by atoms with van der Waals surface area (Å²) in [7, 11) is 1.70. The van der Waals surface area contributed by atoms with Crippen molar-refractivity contribution in [1.29, 1.82) is 0 Å². The lowest BCUT2D eigenvalue weighted by Gasteiger charge is -2.03. The monoisotopic (exact) mass is 226 g/mol. The molecule has 0 saturated carbocycles. The predicted molar refractivity (Wildman–Crippen MR) is 65.9 cm³/mol. The fourth-order valence-corrected chi connectivity index (χ4v) is 1.76. The first-order chi connectivity index (χ1) is 7.36. The molecule has 0 aromatic heterocycles. The molecule has 1 aromatic carbocycles. The van der Waals surface area contributed by atoms with Gasteiger partial charge >= 0.3 is 0 Å². The van der Waals surface area contributed by atoms with E-state index in [0.717, 1.165) is 24.5 Å². The highest BCUT2D eigenvalue weighted by Crippen LogP contribution is 2.13. The Morgan fingerprint density at radius 1 is 1.00 bits per heavy atom. The number of benzene rings is 1. The summed E-state index contributed by atoms with van der Waals surface area (Å²) >= 11 is 5.62. The predicted octanol–water partition coefficient (Wildman–Crippen LogP) is 4.04. The molecular formula is C13H19ClO. The number of unbranched alkanes of at least 4 members (excludes halogenated alkanes) is 3. The van der Waals surface area contributed by atoms with Crippen LogP contribution >= 0.6 is 11.6 Å². The Morgan fingerprint density at radius 2 is 1.67 bits per heavy atom. The minimum absolute atomic E-state index is 0.794. The molecule has 0 fully saturated rings. The van der Waals surface area contributed by atoms with Crippen molar-refractivity contribution in [2.45, 2.75) is 32.1 Å². The summed E-state index contributed by atoms with van der Waals surface area (Å²) in [5.74, 6) is 1.73. The Balaban J connectivity index is 2.20. The van der Waals surface area contributed by atoms with Gasteiger partial charge in [-0.05, 0) is 37.0 Å². The van der Waals surface area contributed by atoms with Crippen LogP contribution in [0.4, 0.5) is 0 Å². The summed E-state index contributed by atoms with van der Waals surface area (Å²) in [6.07, 6.45) is 6.08. The lowest BCUT2D eigenvalue weighted by molar-refractivity contribution is 0.414. The second-order valence-corrected chi connectivity index (χ2v) is 4.08. The number of alkyl halides is 1. The lowest BCUT2D eigenvalue weighted by Crippen LogP contribution is -1.87. The van der Waals surface area contributed by atoms with E-state index in [1.165, 1.54) is 24.8 Å². The Kier molecular flexibility index (Phi) is 6.26. The Hall–Kier alpha value is -0.690. The van der Waals surface area contributed by atoms with E-state index >= 15 is 0 Å². The van der Waals surface area contributed by atoms with Crippen LogP contribution in [0.5, 0.6) is 5.75 Å². The van der Waals surface area contributed by atoms with Gasteiger partial charge < -0.3 is 4.74 Å². The van der Waals surface area contributed by atoms with Gasteiger partial charge in [0.25, 0.3) is 0 Å². The van der Waals surface area contributed by atoms with E-state index in [-0.39, 0.29) is 0 Å². The van der Waals surface area contributed by atoms with Gasteiger partial charge in [0.2, 0.25) is 0 Å². The summed E-state index contributed by atoms with van der Waals surface area (Å²) in [5, 5.41) is 0. The van der Waals surface area contributed by atoms with E-state index in [0.29, 0.717) is 0 Å². The molecule has 84 valence electrons. The standard InChI is InChI=1S/C13H19ClO/c1-15-13-9-7-12(8-10-13)6-4-2-3-5-11-14/h7-10H,2-6,11H2,1H3. The van der Waals surface area contributed by atoms with Crippen LogP contribution in [0, 0.1) is 0 Å². The van der Waals surface area contributed by atoms with Gasteiger partial charge in [-0.2, -0.15) is 0 Å². The smallest absolute Gasteiger partial charge is 0.118 e. The van der Waals surface area contributed by atoms with Crippen LogP contribution in [0.3, 0.4) is 0 Å². The zero-order valence-electron chi connectivity index (χ0n) is 9.34. The van der Waals surface area contributed by atoms with Crippen molar-refractivity contribution >= 4 is 11.6 Å². The molecule has 0 bridgehead atoms. The van der Waals surface area contributed by atoms with Gasteiger partial charge in [-0.15, -0.1) is 11.6 Å². The molecule has 0 atom stereocenters. The topological polar surface area (TPSA) is 9.23 Å². The average molecular weight is 227 g/mol. The highest BCUT2D eigenvalue weighted by Gasteiger charge is 1.95. The first-order valence-corrected chi connectivity index (χ1v) is 6.09. The van der Waals surface area contributed by atoms with Gasteiger partial charge in [0.05, 0.1) is 7.11 Å². The highest BCUT2D eigenvalue weighted by molar-refractivity contribution is 6.17. The number of aryl methyl sites for hydroxylation is 1. The van der Waals surface area contributed by atoms with Gasteiger partial charge in [-0.1, -0.05) is 25.0 Å². The van der Waals surface area contributed by atoms with Gasteiger partial charge in [-0.25, -0.2) is 0 Å². The maximum atomic E-state index is 5.62. The number of hydrogen-bond acceptors (Lipinski definition) is 1. The molecule has 1 aromatic rings. The van der Waals surface area contributed by atoms with E-state index in [2.05, 4.69) is 12.1 Å². The Labute approximate surface area is 97.4 Å². The number of methoxy groups -OCH3 is 1. The summed E-state index contributed by atoms with van der Waals surface area (Å²) in [6.45, 7) is 0. The number of ether oxygens (including phenoxy) is 1. The van der Waals surface area contributed by atoms with Crippen LogP contribution in [-0.2, 0) is 6.42 Å². The minimum Gasteiger partial charge on any atom is -0.497 e. The van der Waals surface area contributed by atoms with Gasteiger partial charge in [0, 0.05) is 5.88 Å². The number of hydrogen-bond donors (Lipinski definition) is 0. The molecule has 1 nitrogen and oxygen atoms in total. The van der Waals surface area contributed by atoms with Crippen LogP contribution in [0.15, 0.2) is 24.3 Å². The van der Waals surface area contributed by atoms with Crippen molar-refractivity contribution in [1.82, 2.24) is 0 Å². The van der Waals surface area contributed by atoms with Crippen molar-refractivity contribution in [2.75, 3.05) is 13.0 Å². The molecule has 0 amide bonds. The fraction of sp³-hybridized carbons (Fsp3) is 0.538. The number of rotatable bonds is 7. The molecule has 0 N–H and O–H groups in total. The molecule has 0 spiro atoms. The van der Waals surface area contributed by atoms with Crippen LogP contribution in [0.25, 0.3) is 0 Å². The lowest BCUT2D eigenvalue weighted by atomic mass is 10.1. The first-order valence-electron chi connectivity index (χ1n) is 5.55. The molecule has 0 heterocycles. The Bertz CT molecular complexity index is 256. The number of halogens is 1. The van der Waals surface area contributed by atoms with Crippen molar-refractivity contribution in [3.05, 3.63) is 29.8 Å².